The fraction of sp³-hybridized carbons (Fsp3) is 0.571. The highest BCUT2D eigenvalue weighted by atomic mass is 32.1. The molecule has 2 heterocycles. The summed E-state index contributed by atoms with van der Waals surface area (Å²) in [7, 11) is 0. The lowest BCUT2D eigenvalue weighted by molar-refractivity contribution is -0.134. The number of hydrogen-bond acceptors (Lipinski definition) is 4. The molecule has 2 aliphatic rings. The molecule has 5 heteroatoms. The molecule has 1 unspecified atom stereocenters. The predicted molar refractivity (Wildman–Crippen MR) is 73.6 cm³/mol. The van der Waals surface area contributed by atoms with E-state index < -0.39 is 0 Å². The molecule has 1 atom stereocenters. The first-order valence-electron chi connectivity index (χ1n) is 6.75. The Morgan fingerprint density at radius 2 is 2.11 bits per heavy atom. The largest absolute Gasteiger partial charge is 0.340 e. The second-order valence-corrected chi connectivity index (χ2v) is 6.16. The van der Waals surface area contributed by atoms with Crippen LogP contribution in [-0.4, -0.2) is 41.9 Å². The van der Waals surface area contributed by atoms with Crippen molar-refractivity contribution < 1.29 is 4.79 Å². The molecule has 1 saturated heterocycles. The highest BCUT2D eigenvalue weighted by molar-refractivity contribution is 7.10. The molecule has 4 nitrogen and oxygen atoms in total. The van der Waals surface area contributed by atoms with E-state index in [-0.39, 0.29) is 6.04 Å². The fourth-order valence-electron chi connectivity index (χ4n) is 2.56. The zero-order valence-electron chi connectivity index (χ0n) is 10.8. The van der Waals surface area contributed by atoms with Crippen LogP contribution in [0.25, 0.3) is 0 Å². The van der Waals surface area contributed by atoms with E-state index in [2.05, 4.69) is 11.0 Å². The molecule has 0 N–H and O–H groups in total. The third-order valence-electron chi connectivity index (χ3n) is 3.85. The van der Waals surface area contributed by atoms with Crippen LogP contribution >= 0.6 is 11.3 Å². The van der Waals surface area contributed by atoms with Gasteiger partial charge in [-0.3, -0.25) is 9.69 Å². The van der Waals surface area contributed by atoms with Gasteiger partial charge in [-0.05, 0) is 24.3 Å². The SMILES string of the molecule is N#CC(c1cccs1)N1CCN(C(=O)C2CC2)CC1. The highest BCUT2D eigenvalue weighted by Crippen LogP contribution is 2.32. The Labute approximate surface area is 117 Å². The normalized spacial score (nSPS) is 21.9. The van der Waals surface area contributed by atoms with Gasteiger partial charge in [-0.1, -0.05) is 6.07 Å². The number of rotatable bonds is 3. The maximum atomic E-state index is 12.0. The van der Waals surface area contributed by atoms with Gasteiger partial charge in [0.15, 0.2) is 0 Å². The highest BCUT2D eigenvalue weighted by Gasteiger charge is 2.35. The maximum absolute atomic E-state index is 12.0. The lowest BCUT2D eigenvalue weighted by Gasteiger charge is -2.36. The van der Waals surface area contributed by atoms with Crippen LogP contribution in [0.3, 0.4) is 0 Å². The molecule has 0 aromatic carbocycles. The molecule has 19 heavy (non-hydrogen) atoms. The summed E-state index contributed by atoms with van der Waals surface area (Å²) >= 11 is 1.63. The zero-order valence-corrected chi connectivity index (χ0v) is 11.6. The fourth-order valence-corrected chi connectivity index (χ4v) is 3.36. The zero-order chi connectivity index (χ0) is 13.2. The van der Waals surface area contributed by atoms with Gasteiger partial charge in [0.25, 0.3) is 0 Å². The first-order valence-corrected chi connectivity index (χ1v) is 7.63. The van der Waals surface area contributed by atoms with Gasteiger partial charge in [0.05, 0.1) is 6.07 Å². The molecule has 1 aromatic rings. The van der Waals surface area contributed by atoms with Gasteiger partial charge in [-0.25, -0.2) is 0 Å². The van der Waals surface area contributed by atoms with Gasteiger partial charge in [0, 0.05) is 37.0 Å². The smallest absolute Gasteiger partial charge is 0.225 e. The Kier molecular flexibility index (Phi) is 3.54. The van der Waals surface area contributed by atoms with Gasteiger partial charge in [0.1, 0.15) is 6.04 Å². The number of amides is 1. The summed E-state index contributed by atoms with van der Waals surface area (Å²) in [5.74, 6) is 0.625. The van der Waals surface area contributed by atoms with Crippen molar-refractivity contribution in [1.82, 2.24) is 9.80 Å². The van der Waals surface area contributed by atoms with E-state index in [9.17, 15) is 10.1 Å². The number of hydrogen-bond donors (Lipinski definition) is 0. The Balaban J connectivity index is 1.60. The van der Waals surface area contributed by atoms with Gasteiger partial charge >= 0.3 is 0 Å². The first kappa shape index (κ1) is 12.6. The first-order chi connectivity index (χ1) is 9.29. The lowest BCUT2D eigenvalue weighted by atomic mass is 10.2. The molecule has 1 amide bonds. The molecular weight excluding hydrogens is 258 g/mol. The summed E-state index contributed by atoms with van der Waals surface area (Å²) in [5.41, 5.74) is 0. The lowest BCUT2D eigenvalue weighted by Crippen LogP contribution is -2.49. The van der Waals surface area contributed by atoms with E-state index in [1.165, 1.54) is 0 Å². The van der Waals surface area contributed by atoms with Gasteiger partial charge < -0.3 is 4.90 Å². The van der Waals surface area contributed by atoms with Crippen molar-refractivity contribution in [2.75, 3.05) is 26.2 Å². The molecular formula is C14H17N3OS. The molecule has 0 radical (unpaired) electrons. The second-order valence-electron chi connectivity index (χ2n) is 5.18. The van der Waals surface area contributed by atoms with E-state index in [0.717, 1.165) is 43.9 Å². The maximum Gasteiger partial charge on any atom is 0.225 e. The van der Waals surface area contributed by atoms with Crippen molar-refractivity contribution in [3.63, 3.8) is 0 Å². The number of carbonyl (C=O) groups excluding carboxylic acids is 1. The number of nitriles is 1. The van der Waals surface area contributed by atoms with Crippen LogP contribution in [0.1, 0.15) is 23.8 Å². The Hall–Kier alpha value is -1.38. The van der Waals surface area contributed by atoms with Crippen LogP contribution in [0, 0.1) is 17.2 Å². The molecule has 0 bridgehead atoms. The summed E-state index contributed by atoms with van der Waals surface area (Å²) in [6.45, 7) is 3.13. The Morgan fingerprint density at radius 3 is 2.63 bits per heavy atom. The predicted octanol–water partition coefficient (Wildman–Crippen LogP) is 1.87. The van der Waals surface area contributed by atoms with E-state index >= 15 is 0 Å². The van der Waals surface area contributed by atoms with Crippen molar-refractivity contribution in [2.45, 2.75) is 18.9 Å². The van der Waals surface area contributed by atoms with E-state index in [1.54, 1.807) is 11.3 Å². The summed E-state index contributed by atoms with van der Waals surface area (Å²) < 4.78 is 0. The molecule has 100 valence electrons. The summed E-state index contributed by atoms with van der Waals surface area (Å²) in [4.78, 5) is 17.2. The average molecular weight is 275 g/mol. The summed E-state index contributed by atoms with van der Waals surface area (Å²) in [6.07, 6.45) is 2.13. The molecule has 0 spiro atoms. The molecule has 3 rings (SSSR count). The van der Waals surface area contributed by atoms with E-state index in [0.29, 0.717) is 11.8 Å². The third-order valence-corrected chi connectivity index (χ3v) is 4.78. The minimum Gasteiger partial charge on any atom is -0.340 e. The number of thiophene rings is 1. The van der Waals surface area contributed by atoms with Crippen molar-refractivity contribution >= 4 is 17.2 Å². The van der Waals surface area contributed by atoms with Crippen LogP contribution in [0.4, 0.5) is 0 Å². The molecule has 1 saturated carbocycles. The van der Waals surface area contributed by atoms with Crippen molar-refractivity contribution in [3.05, 3.63) is 22.4 Å². The number of piperazine rings is 1. The standard InChI is InChI=1S/C14H17N3OS/c15-10-12(13-2-1-9-19-13)16-5-7-17(8-6-16)14(18)11-3-4-11/h1-2,9,11-12H,3-8H2. The summed E-state index contributed by atoms with van der Waals surface area (Å²) in [5, 5.41) is 11.4. The average Bonchev–Trinajstić information content (AvgIpc) is 3.17. The monoisotopic (exact) mass is 275 g/mol. The van der Waals surface area contributed by atoms with Crippen LogP contribution < -0.4 is 0 Å². The van der Waals surface area contributed by atoms with Crippen molar-refractivity contribution in [3.8, 4) is 6.07 Å². The third kappa shape index (κ3) is 2.65. The Morgan fingerprint density at radius 1 is 1.37 bits per heavy atom. The van der Waals surface area contributed by atoms with Crippen LogP contribution in [0.2, 0.25) is 0 Å². The van der Waals surface area contributed by atoms with E-state index in [4.69, 9.17) is 0 Å². The van der Waals surface area contributed by atoms with E-state index in [1.807, 2.05) is 22.4 Å². The number of carbonyl (C=O) groups is 1. The minimum absolute atomic E-state index is 0.154. The van der Waals surface area contributed by atoms with Gasteiger partial charge in [-0.15, -0.1) is 11.3 Å². The number of nitrogens with zero attached hydrogens (tertiary/aromatic N) is 3. The molecule has 1 aliphatic heterocycles. The topological polar surface area (TPSA) is 47.3 Å². The van der Waals surface area contributed by atoms with Crippen LogP contribution in [-0.2, 0) is 4.79 Å². The minimum atomic E-state index is -0.154. The van der Waals surface area contributed by atoms with Gasteiger partial charge in [0.2, 0.25) is 5.91 Å². The van der Waals surface area contributed by atoms with Crippen molar-refractivity contribution in [2.24, 2.45) is 5.92 Å². The summed E-state index contributed by atoms with van der Waals surface area (Å²) in [6, 6.07) is 6.23. The van der Waals surface area contributed by atoms with Crippen LogP contribution in [0.5, 0.6) is 0 Å². The van der Waals surface area contributed by atoms with Crippen molar-refractivity contribution in [1.29, 1.82) is 5.26 Å². The van der Waals surface area contributed by atoms with Crippen LogP contribution in [0.15, 0.2) is 17.5 Å². The molecule has 1 aromatic heterocycles. The molecule has 1 aliphatic carbocycles. The quantitative estimate of drug-likeness (QED) is 0.846. The van der Waals surface area contributed by atoms with Gasteiger partial charge in [-0.2, -0.15) is 5.26 Å². The molecule has 2 fully saturated rings. The Bertz CT molecular complexity index is 481. The second kappa shape index (κ2) is 5.32.